The van der Waals surface area contributed by atoms with Crippen LogP contribution in [-0.2, 0) is 0 Å². The summed E-state index contributed by atoms with van der Waals surface area (Å²) >= 11 is 0. The Kier molecular flexibility index (Phi) is 8.53. The number of hydrogen-bond acceptors (Lipinski definition) is 2. The van der Waals surface area contributed by atoms with Crippen LogP contribution >= 0.6 is 0 Å². The minimum absolute atomic E-state index is 0.889. The lowest BCUT2D eigenvalue weighted by molar-refractivity contribution is 0.669. The smallest absolute Gasteiger partial charge is 0.136 e. The average Bonchev–Trinajstić information content (AvgIpc) is 3.73. The Morgan fingerprint density at radius 2 is 0.806 bits per heavy atom. The quantitative estimate of drug-likeness (QED) is 0.150. The summed E-state index contributed by atoms with van der Waals surface area (Å²) in [6.07, 6.45) is 0. The van der Waals surface area contributed by atoms with Crippen molar-refractivity contribution in [2.24, 2.45) is 0 Å². The molecule has 2 heteroatoms. The molecule has 2 nitrogen and oxygen atoms in total. The molecule has 0 aliphatic rings. The van der Waals surface area contributed by atoms with Gasteiger partial charge in [0, 0.05) is 27.8 Å². The number of benzene rings is 11. The molecule has 0 N–H and O–H groups in total. The van der Waals surface area contributed by atoms with E-state index in [1.165, 1.54) is 60.1 Å². The van der Waals surface area contributed by atoms with Crippen molar-refractivity contribution in [3.8, 4) is 44.5 Å². The van der Waals surface area contributed by atoms with Gasteiger partial charge in [-0.15, -0.1) is 0 Å². The summed E-state index contributed by atoms with van der Waals surface area (Å²) in [6.45, 7) is 0. The lowest BCUT2D eigenvalue weighted by atomic mass is 9.85. The second kappa shape index (κ2) is 14.8. The highest BCUT2D eigenvalue weighted by Crippen LogP contribution is 2.47. The van der Waals surface area contributed by atoms with Crippen molar-refractivity contribution in [2.75, 3.05) is 4.90 Å². The van der Waals surface area contributed by atoms with Crippen LogP contribution < -0.4 is 4.90 Å². The Bertz CT molecular complexity index is 3640. The summed E-state index contributed by atoms with van der Waals surface area (Å²) in [4.78, 5) is 2.40. The standard InChI is InChI=1S/C60H39NO/c1-2-16-42(17-3-1)58-53-25-8-6-23-51(53)52-24-7-9-26-54(52)59(58)46-20-13-22-49(39-46)61(47-35-33-41(34-36-47)44-32-31-40-15-4-5-18-43(40)37-44)48-21-12-19-45(38-48)50-28-14-30-57-60(50)55-27-10-11-29-56(55)62-57/h1-39H. The van der Waals surface area contributed by atoms with E-state index in [-0.39, 0.29) is 0 Å². The monoisotopic (exact) mass is 789 g/mol. The van der Waals surface area contributed by atoms with E-state index in [2.05, 4.69) is 229 Å². The van der Waals surface area contributed by atoms with Crippen molar-refractivity contribution in [1.29, 1.82) is 0 Å². The number of hydrogen-bond donors (Lipinski definition) is 0. The van der Waals surface area contributed by atoms with E-state index in [0.717, 1.165) is 55.7 Å². The van der Waals surface area contributed by atoms with Crippen LogP contribution in [0.25, 0.3) is 98.8 Å². The fourth-order valence-electron chi connectivity index (χ4n) is 9.59. The third-order valence-electron chi connectivity index (χ3n) is 12.4. The van der Waals surface area contributed by atoms with Gasteiger partial charge in [-0.2, -0.15) is 0 Å². The highest BCUT2D eigenvalue weighted by Gasteiger charge is 2.21. The Morgan fingerprint density at radius 1 is 0.274 bits per heavy atom. The van der Waals surface area contributed by atoms with Crippen LogP contribution in [0.4, 0.5) is 17.1 Å². The SMILES string of the molecule is c1ccc(-c2c(-c3cccc(N(c4ccc(-c5ccc6ccccc6c5)cc4)c4cccc(-c5cccc6oc7ccccc7c56)c4)c3)c3ccccc3c3ccccc23)cc1. The predicted molar refractivity (Wildman–Crippen MR) is 263 cm³/mol. The second-order valence-corrected chi connectivity index (χ2v) is 16.0. The lowest BCUT2D eigenvalue weighted by Crippen LogP contribution is -2.10. The van der Waals surface area contributed by atoms with Gasteiger partial charge in [-0.1, -0.05) is 182 Å². The zero-order valence-corrected chi connectivity index (χ0v) is 33.9. The fourth-order valence-corrected chi connectivity index (χ4v) is 9.59. The summed E-state index contributed by atoms with van der Waals surface area (Å²) in [5.41, 5.74) is 14.5. The van der Waals surface area contributed by atoms with Crippen LogP contribution in [0.15, 0.2) is 241 Å². The number of rotatable bonds is 7. The molecule has 0 bridgehead atoms. The van der Waals surface area contributed by atoms with Crippen LogP contribution in [0.3, 0.4) is 0 Å². The topological polar surface area (TPSA) is 16.4 Å². The van der Waals surface area contributed by atoms with Crippen LogP contribution in [0.2, 0.25) is 0 Å². The van der Waals surface area contributed by atoms with Crippen LogP contribution in [0.5, 0.6) is 0 Å². The Labute approximate surface area is 360 Å². The zero-order chi connectivity index (χ0) is 41.0. The van der Waals surface area contributed by atoms with Crippen molar-refractivity contribution < 1.29 is 4.42 Å². The van der Waals surface area contributed by atoms with Crippen LogP contribution in [0, 0.1) is 0 Å². The number of anilines is 3. The van der Waals surface area contributed by atoms with Crippen molar-refractivity contribution >= 4 is 71.3 Å². The summed E-state index contributed by atoms with van der Waals surface area (Å²) < 4.78 is 6.35. The van der Waals surface area contributed by atoms with E-state index in [1.54, 1.807) is 0 Å². The maximum Gasteiger partial charge on any atom is 0.136 e. The molecule has 0 spiro atoms. The van der Waals surface area contributed by atoms with Gasteiger partial charge in [0.2, 0.25) is 0 Å². The van der Waals surface area contributed by atoms with E-state index in [0.29, 0.717) is 0 Å². The molecule has 0 unspecified atom stereocenters. The molecule has 0 radical (unpaired) electrons. The van der Waals surface area contributed by atoms with Gasteiger partial charge in [0.25, 0.3) is 0 Å². The van der Waals surface area contributed by atoms with Gasteiger partial charge in [0.1, 0.15) is 11.2 Å². The van der Waals surface area contributed by atoms with Gasteiger partial charge >= 0.3 is 0 Å². The van der Waals surface area contributed by atoms with E-state index in [1.807, 2.05) is 12.1 Å². The van der Waals surface area contributed by atoms with Crippen molar-refractivity contribution in [2.45, 2.75) is 0 Å². The molecule has 1 aromatic heterocycles. The average molecular weight is 790 g/mol. The van der Waals surface area contributed by atoms with Crippen LogP contribution in [-0.4, -0.2) is 0 Å². The summed E-state index contributed by atoms with van der Waals surface area (Å²) in [5, 5.41) is 9.71. The van der Waals surface area contributed by atoms with E-state index < -0.39 is 0 Å². The molecule has 62 heavy (non-hydrogen) atoms. The first-order chi connectivity index (χ1) is 30.7. The Morgan fingerprint density at radius 3 is 1.55 bits per heavy atom. The maximum absolute atomic E-state index is 6.35. The molecule has 0 aliphatic heterocycles. The molecule has 1 heterocycles. The van der Waals surface area contributed by atoms with Gasteiger partial charge in [-0.05, 0) is 131 Å². The predicted octanol–water partition coefficient (Wildman–Crippen LogP) is 17.2. The molecule has 0 fully saturated rings. The molecular formula is C60H39NO. The molecule has 0 saturated heterocycles. The van der Waals surface area contributed by atoms with Gasteiger partial charge in [-0.3, -0.25) is 0 Å². The zero-order valence-electron chi connectivity index (χ0n) is 33.9. The highest BCUT2D eigenvalue weighted by molar-refractivity contribution is 6.21. The van der Waals surface area contributed by atoms with Gasteiger partial charge in [0.05, 0.1) is 0 Å². The molecule has 290 valence electrons. The molecule has 0 atom stereocenters. The molecule has 0 amide bonds. The minimum Gasteiger partial charge on any atom is -0.456 e. The second-order valence-electron chi connectivity index (χ2n) is 16.0. The summed E-state index contributed by atoms with van der Waals surface area (Å²) in [5.74, 6) is 0. The van der Waals surface area contributed by atoms with E-state index in [9.17, 15) is 0 Å². The molecule has 12 aromatic rings. The largest absolute Gasteiger partial charge is 0.456 e. The van der Waals surface area contributed by atoms with E-state index >= 15 is 0 Å². The first kappa shape index (κ1) is 35.7. The molecule has 0 aliphatic carbocycles. The van der Waals surface area contributed by atoms with Crippen molar-refractivity contribution in [3.05, 3.63) is 237 Å². The number of furan rings is 1. The lowest BCUT2D eigenvalue weighted by Gasteiger charge is -2.27. The highest BCUT2D eigenvalue weighted by atomic mass is 16.3. The molecule has 11 aromatic carbocycles. The van der Waals surface area contributed by atoms with Gasteiger partial charge in [-0.25, -0.2) is 0 Å². The Hall–Kier alpha value is -8.20. The minimum atomic E-state index is 0.889. The number of fused-ring (bicyclic) bond motifs is 7. The molecular weight excluding hydrogens is 751 g/mol. The number of para-hydroxylation sites is 1. The first-order valence-corrected chi connectivity index (χ1v) is 21.2. The maximum atomic E-state index is 6.35. The number of nitrogens with zero attached hydrogens (tertiary/aromatic N) is 1. The van der Waals surface area contributed by atoms with Gasteiger partial charge < -0.3 is 9.32 Å². The van der Waals surface area contributed by atoms with Crippen molar-refractivity contribution in [1.82, 2.24) is 0 Å². The van der Waals surface area contributed by atoms with E-state index in [4.69, 9.17) is 4.42 Å². The summed E-state index contributed by atoms with van der Waals surface area (Å²) in [7, 11) is 0. The van der Waals surface area contributed by atoms with Gasteiger partial charge in [0.15, 0.2) is 0 Å². The molecule has 0 saturated carbocycles. The fraction of sp³-hybridized carbons (Fsp3) is 0. The Balaban J connectivity index is 1.06. The third kappa shape index (κ3) is 6.04. The third-order valence-corrected chi connectivity index (χ3v) is 12.4. The summed E-state index contributed by atoms with van der Waals surface area (Å²) in [6, 6.07) is 85.6. The first-order valence-electron chi connectivity index (χ1n) is 21.2. The van der Waals surface area contributed by atoms with Crippen LogP contribution in [0.1, 0.15) is 0 Å². The molecule has 12 rings (SSSR count). The van der Waals surface area contributed by atoms with Crippen molar-refractivity contribution in [3.63, 3.8) is 0 Å². The normalized spacial score (nSPS) is 11.5.